The molecule has 0 saturated heterocycles. The number of unbranched alkanes of at least 4 members (excludes halogenated alkanes) is 23. The molecule has 0 heterocycles. The summed E-state index contributed by atoms with van der Waals surface area (Å²) >= 11 is 0. The van der Waals surface area contributed by atoms with E-state index in [1.165, 1.54) is 122 Å². The third-order valence-electron chi connectivity index (χ3n) is 14.0. The predicted molar refractivity (Wildman–Crippen MR) is 362 cm³/mol. The van der Waals surface area contributed by atoms with Crippen molar-refractivity contribution in [3.63, 3.8) is 0 Å². The Hall–Kier alpha value is -4.97. The molecule has 0 rings (SSSR count). The largest absolute Gasteiger partial charge is 0.462 e. The third kappa shape index (κ3) is 67.7. The van der Waals surface area contributed by atoms with E-state index >= 15 is 0 Å². The first-order valence-electron chi connectivity index (χ1n) is 34.0. The number of carbonyl (C=O) groups is 3. The topological polar surface area (TPSA) is 78.9 Å². The zero-order chi connectivity index (χ0) is 59.9. The molecule has 0 N–H and O–H groups in total. The van der Waals surface area contributed by atoms with Crippen molar-refractivity contribution < 1.29 is 28.6 Å². The van der Waals surface area contributed by atoms with E-state index in [9.17, 15) is 14.4 Å². The molecule has 1 atom stereocenters. The van der Waals surface area contributed by atoms with Gasteiger partial charge in [-0.3, -0.25) is 14.4 Å². The Morgan fingerprint density at radius 3 is 0.783 bits per heavy atom. The lowest BCUT2D eigenvalue weighted by Gasteiger charge is -2.18. The van der Waals surface area contributed by atoms with Crippen LogP contribution in [0.25, 0.3) is 0 Å². The van der Waals surface area contributed by atoms with Gasteiger partial charge in [0.25, 0.3) is 0 Å². The lowest BCUT2D eigenvalue weighted by atomic mass is 10.0. The van der Waals surface area contributed by atoms with Gasteiger partial charge in [0.15, 0.2) is 6.10 Å². The van der Waals surface area contributed by atoms with Crippen LogP contribution in [0.1, 0.15) is 290 Å². The van der Waals surface area contributed by atoms with Crippen molar-refractivity contribution >= 4 is 17.9 Å². The van der Waals surface area contributed by atoms with Gasteiger partial charge in [-0.2, -0.15) is 0 Å². The lowest BCUT2D eigenvalue weighted by Crippen LogP contribution is -2.30. The fourth-order valence-corrected chi connectivity index (χ4v) is 8.98. The normalized spacial score (nSPS) is 13.1. The van der Waals surface area contributed by atoms with Crippen molar-refractivity contribution in [2.45, 2.75) is 297 Å². The molecule has 0 saturated carbocycles. The summed E-state index contributed by atoms with van der Waals surface area (Å²) in [6.07, 6.45) is 101. The van der Waals surface area contributed by atoms with Crippen LogP contribution in [0.4, 0.5) is 0 Å². The molecule has 83 heavy (non-hydrogen) atoms. The summed E-state index contributed by atoms with van der Waals surface area (Å²) in [6.45, 7) is 6.35. The van der Waals surface area contributed by atoms with Gasteiger partial charge in [0.05, 0.1) is 0 Å². The Kier molecular flexibility index (Phi) is 65.4. The quantitative estimate of drug-likeness (QED) is 0.0261. The van der Waals surface area contributed by atoms with Gasteiger partial charge in [-0.1, -0.05) is 288 Å². The fourth-order valence-electron chi connectivity index (χ4n) is 8.98. The van der Waals surface area contributed by atoms with Crippen molar-refractivity contribution in [3.8, 4) is 0 Å². The van der Waals surface area contributed by atoms with Crippen LogP contribution >= 0.6 is 0 Å². The monoisotopic (exact) mass is 1140 g/mol. The van der Waals surface area contributed by atoms with Gasteiger partial charge in [0.2, 0.25) is 0 Å². The minimum atomic E-state index is -0.816. The van der Waals surface area contributed by atoms with Gasteiger partial charge in [0.1, 0.15) is 13.2 Å². The second-order valence-corrected chi connectivity index (χ2v) is 22.0. The first kappa shape index (κ1) is 78.0. The van der Waals surface area contributed by atoms with Crippen LogP contribution in [-0.2, 0) is 28.6 Å². The maximum Gasteiger partial charge on any atom is 0.306 e. The Balaban J connectivity index is 4.52. The van der Waals surface area contributed by atoms with E-state index in [1.54, 1.807) is 0 Å². The van der Waals surface area contributed by atoms with Gasteiger partial charge in [-0.15, -0.1) is 0 Å². The molecule has 0 aliphatic heterocycles. The molecule has 0 amide bonds. The van der Waals surface area contributed by atoms with E-state index in [2.05, 4.69) is 179 Å². The smallest absolute Gasteiger partial charge is 0.306 e. The van der Waals surface area contributed by atoms with Crippen LogP contribution in [0.5, 0.6) is 0 Å². The van der Waals surface area contributed by atoms with Crippen molar-refractivity contribution in [2.75, 3.05) is 13.2 Å². The molecule has 0 fully saturated rings. The van der Waals surface area contributed by atoms with Crippen LogP contribution < -0.4 is 0 Å². The summed E-state index contributed by atoms with van der Waals surface area (Å²) in [4.78, 5) is 38.5. The molecule has 0 spiro atoms. The highest BCUT2D eigenvalue weighted by Gasteiger charge is 2.19. The number of hydrogen-bond acceptors (Lipinski definition) is 6. The molecule has 0 aromatic heterocycles. The summed E-state index contributed by atoms with van der Waals surface area (Å²) in [5.41, 5.74) is 0. The maximum atomic E-state index is 13.0. The highest BCUT2D eigenvalue weighted by Crippen LogP contribution is 2.15. The molecular formula is C77H124O6. The predicted octanol–water partition coefficient (Wildman–Crippen LogP) is 23.7. The molecule has 6 nitrogen and oxygen atoms in total. The van der Waals surface area contributed by atoms with E-state index < -0.39 is 6.10 Å². The van der Waals surface area contributed by atoms with Gasteiger partial charge in [-0.05, 0) is 141 Å². The number of esters is 3. The molecule has 468 valence electrons. The lowest BCUT2D eigenvalue weighted by molar-refractivity contribution is -0.167. The Labute approximate surface area is 511 Å². The number of hydrogen-bond donors (Lipinski definition) is 0. The molecule has 0 aliphatic carbocycles. The number of rotatable bonds is 60. The Morgan fingerprint density at radius 2 is 0.482 bits per heavy atom. The van der Waals surface area contributed by atoms with Crippen LogP contribution in [0, 0.1) is 0 Å². The summed E-state index contributed by atoms with van der Waals surface area (Å²) in [5.74, 6) is -0.974. The number of allylic oxidation sites excluding steroid dienone is 26. The van der Waals surface area contributed by atoms with Gasteiger partial charge >= 0.3 is 17.9 Å². The zero-order valence-corrected chi connectivity index (χ0v) is 53.7. The van der Waals surface area contributed by atoms with E-state index in [-0.39, 0.29) is 37.5 Å². The molecule has 0 aromatic rings. The van der Waals surface area contributed by atoms with E-state index in [0.29, 0.717) is 19.3 Å². The van der Waals surface area contributed by atoms with Crippen molar-refractivity contribution in [2.24, 2.45) is 0 Å². The second-order valence-electron chi connectivity index (χ2n) is 22.0. The zero-order valence-electron chi connectivity index (χ0n) is 53.7. The van der Waals surface area contributed by atoms with Crippen LogP contribution in [-0.4, -0.2) is 37.2 Å². The van der Waals surface area contributed by atoms with E-state index in [1.807, 2.05) is 0 Å². The second kappa shape index (κ2) is 69.5. The van der Waals surface area contributed by atoms with E-state index in [0.717, 1.165) is 122 Å². The minimum Gasteiger partial charge on any atom is -0.462 e. The van der Waals surface area contributed by atoms with Gasteiger partial charge < -0.3 is 14.2 Å². The molecule has 0 aromatic carbocycles. The standard InChI is InChI=1S/C77H124O6/c1-4-7-10-13-16-19-22-25-28-31-34-36-38-40-43-46-49-52-55-58-61-64-67-70-76(79)82-73-74(72-81-75(78)69-66-63-60-57-54-51-48-45-42-33-30-27-24-21-18-15-12-9-6-3)83-77(80)71-68-65-62-59-56-53-50-47-44-41-39-37-35-32-29-26-23-20-17-14-11-8-5-2/h7-8,10-11,16-21,25-30,34-37,40,43,49,52,58,61,74H,4-6,9,12-15,22-24,31-33,38-39,41-42,44-48,50-51,53-57,59-60,62-73H2,1-3H3/b10-7-,11-8-,19-16-,20-17-,21-18-,28-25-,29-26-,30-27-,36-34-,37-35-,43-40-,52-49-,61-58-. The van der Waals surface area contributed by atoms with Gasteiger partial charge in [0, 0.05) is 19.3 Å². The highest BCUT2D eigenvalue weighted by atomic mass is 16.6. The molecular weight excluding hydrogens is 1020 g/mol. The highest BCUT2D eigenvalue weighted by molar-refractivity contribution is 5.71. The first-order chi connectivity index (χ1) is 41.0. The van der Waals surface area contributed by atoms with Gasteiger partial charge in [-0.25, -0.2) is 0 Å². The minimum absolute atomic E-state index is 0.106. The maximum absolute atomic E-state index is 13.0. The number of ether oxygens (including phenoxy) is 3. The molecule has 6 heteroatoms. The summed E-state index contributed by atoms with van der Waals surface area (Å²) in [6, 6.07) is 0. The summed E-state index contributed by atoms with van der Waals surface area (Å²) in [5, 5.41) is 0. The average Bonchev–Trinajstić information content (AvgIpc) is 3.49. The first-order valence-corrected chi connectivity index (χ1v) is 34.0. The molecule has 1 unspecified atom stereocenters. The Morgan fingerprint density at radius 1 is 0.253 bits per heavy atom. The fraction of sp³-hybridized carbons (Fsp3) is 0.623. The van der Waals surface area contributed by atoms with E-state index in [4.69, 9.17) is 14.2 Å². The average molecular weight is 1150 g/mol. The molecule has 0 bridgehead atoms. The SMILES string of the molecule is CC/C=C\C/C=C\C/C=C\C/C=C\C/C=C\C/C=C\C/C=C\CCCC(=O)OCC(COC(=O)CCCCCCCCCCC/C=C\C/C=C\CCCCC)OC(=O)CCCCCCCCCCCC/C=C\C/C=C\C/C=C\C/C=C\CC. The molecule has 0 aliphatic rings. The van der Waals surface area contributed by atoms with Crippen molar-refractivity contribution in [3.05, 3.63) is 158 Å². The Bertz CT molecular complexity index is 1840. The van der Waals surface area contributed by atoms with Crippen LogP contribution in [0.2, 0.25) is 0 Å². The van der Waals surface area contributed by atoms with Crippen LogP contribution in [0.15, 0.2) is 158 Å². The molecule has 0 radical (unpaired) electrons. The third-order valence-corrected chi connectivity index (χ3v) is 14.0. The summed E-state index contributed by atoms with van der Waals surface area (Å²) < 4.78 is 16.9. The number of carbonyl (C=O) groups excluding carboxylic acids is 3. The summed E-state index contributed by atoms with van der Waals surface area (Å²) in [7, 11) is 0. The van der Waals surface area contributed by atoms with Crippen molar-refractivity contribution in [1.82, 2.24) is 0 Å². The van der Waals surface area contributed by atoms with Crippen LogP contribution in [0.3, 0.4) is 0 Å². The van der Waals surface area contributed by atoms with Crippen molar-refractivity contribution in [1.29, 1.82) is 0 Å².